The largest absolute Gasteiger partial charge is 0.461 e. The van der Waals surface area contributed by atoms with Crippen LogP contribution >= 0.6 is 0 Å². The highest BCUT2D eigenvalue weighted by Gasteiger charge is 2.39. The van der Waals surface area contributed by atoms with Gasteiger partial charge in [-0.2, -0.15) is 0 Å². The Labute approximate surface area is 401 Å². The van der Waals surface area contributed by atoms with Gasteiger partial charge in [0.25, 0.3) is 0 Å². The van der Waals surface area contributed by atoms with Gasteiger partial charge in [0.2, 0.25) is 35.4 Å². The van der Waals surface area contributed by atoms with Gasteiger partial charge in [0.1, 0.15) is 25.3 Å². The number of hydrogen-bond donors (Lipinski definition) is 6. The molecule has 0 spiro atoms. The van der Waals surface area contributed by atoms with Crippen LogP contribution in [0.25, 0.3) is 0 Å². The number of Topliss-reactive ketones (excluding diaryl/α,β-unsaturated/α-hetero) is 4. The molecule has 6 rings (SSSR count). The minimum absolute atomic E-state index is 0.0454. The molecule has 6 aliphatic rings. The van der Waals surface area contributed by atoms with Crippen molar-refractivity contribution in [3.63, 3.8) is 0 Å². The molecule has 6 heterocycles. The second-order valence-electron chi connectivity index (χ2n) is 19.4. The van der Waals surface area contributed by atoms with Crippen LogP contribution in [-0.4, -0.2) is 133 Å². The van der Waals surface area contributed by atoms with Crippen LogP contribution < -0.4 is 31.9 Å². The molecule has 6 fully saturated rings. The zero-order valence-corrected chi connectivity index (χ0v) is 40.0. The zero-order chi connectivity index (χ0) is 50.1. The molecule has 6 aliphatic heterocycles. The second-order valence-corrected chi connectivity index (χ2v) is 19.4. The molecule has 0 bridgehead atoms. The van der Waals surface area contributed by atoms with E-state index in [0.717, 1.165) is 0 Å². The van der Waals surface area contributed by atoms with Crippen molar-refractivity contribution in [2.24, 2.45) is 10.8 Å². The molecule has 21 nitrogen and oxygen atoms in total. The minimum atomic E-state index is -0.604. The van der Waals surface area contributed by atoms with Gasteiger partial charge in [-0.05, 0) is 87.9 Å². The van der Waals surface area contributed by atoms with Crippen molar-refractivity contribution in [1.82, 2.24) is 31.9 Å². The molecule has 6 N–H and O–H groups in total. The zero-order valence-electron chi connectivity index (χ0n) is 40.0. The average Bonchev–Trinajstić information content (AvgIpc) is 4.22. The first-order chi connectivity index (χ1) is 32.9. The molecule has 0 saturated carbocycles. The van der Waals surface area contributed by atoms with Crippen LogP contribution in [0.15, 0.2) is 0 Å². The van der Waals surface area contributed by atoms with Gasteiger partial charge in [-0.15, -0.1) is 0 Å². The SMILES string of the molecule is CCC(CCC(=O)C1CCC(=O)N1)(CCC(=O)C1CCC(=O)N1)COCC(CC)(CCC(=O)C1CCC(=O)N1)CCC(=O)C1CCC(=O)N1.O=C1CCC(C(=O)OCCOC(=O)C2CCC(=O)N2)N1. The number of esters is 2. The first-order valence-corrected chi connectivity index (χ1v) is 24.7. The van der Waals surface area contributed by atoms with E-state index in [-0.39, 0.29) is 111 Å². The molecule has 6 saturated heterocycles. The van der Waals surface area contributed by atoms with Crippen LogP contribution in [0.2, 0.25) is 0 Å². The summed E-state index contributed by atoms with van der Waals surface area (Å²) >= 11 is 0. The fourth-order valence-corrected chi connectivity index (χ4v) is 9.67. The maximum Gasteiger partial charge on any atom is 0.328 e. The Morgan fingerprint density at radius 3 is 0.841 bits per heavy atom. The van der Waals surface area contributed by atoms with Gasteiger partial charge in [-0.3, -0.25) is 47.9 Å². The molecule has 382 valence electrons. The Morgan fingerprint density at radius 1 is 0.406 bits per heavy atom. The van der Waals surface area contributed by atoms with Crippen LogP contribution in [0, 0.1) is 10.8 Å². The number of ether oxygens (including phenoxy) is 3. The van der Waals surface area contributed by atoms with E-state index in [1.807, 2.05) is 13.8 Å². The van der Waals surface area contributed by atoms with E-state index in [4.69, 9.17) is 14.2 Å². The number of rotatable bonds is 27. The number of carbonyl (C=O) groups is 12. The summed E-state index contributed by atoms with van der Waals surface area (Å²) in [6.07, 6.45) is 8.61. The lowest BCUT2D eigenvalue weighted by atomic mass is 9.74. The quantitative estimate of drug-likeness (QED) is 0.0493. The Morgan fingerprint density at radius 2 is 0.638 bits per heavy atom. The first-order valence-electron chi connectivity index (χ1n) is 24.7. The van der Waals surface area contributed by atoms with E-state index >= 15 is 0 Å². The van der Waals surface area contributed by atoms with E-state index in [9.17, 15) is 57.5 Å². The van der Waals surface area contributed by atoms with Gasteiger partial charge in [-0.25, -0.2) is 9.59 Å². The molecule has 0 aromatic heterocycles. The molecule has 6 unspecified atom stereocenters. The summed E-state index contributed by atoms with van der Waals surface area (Å²) in [5, 5.41) is 16.0. The highest BCUT2D eigenvalue weighted by atomic mass is 16.6. The van der Waals surface area contributed by atoms with Crippen molar-refractivity contribution in [3.8, 4) is 0 Å². The van der Waals surface area contributed by atoms with Crippen LogP contribution in [0.4, 0.5) is 0 Å². The van der Waals surface area contributed by atoms with Crippen molar-refractivity contribution >= 4 is 70.5 Å². The van der Waals surface area contributed by atoms with E-state index in [1.54, 1.807) is 0 Å². The third-order valence-corrected chi connectivity index (χ3v) is 14.6. The third kappa shape index (κ3) is 16.5. The van der Waals surface area contributed by atoms with Crippen molar-refractivity contribution in [2.75, 3.05) is 26.4 Å². The van der Waals surface area contributed by atoms with E-state index < -0.39 is 59.0 Å². The smallest absolute Gasteiger partial charge is 0.328 e. The van der Waals surface area contributed by atoms with Gasteiger partial charge >= 0.3 is 11.9 Å². The normalized spacial score (nSPS) is 25.7. The van der Waals surface area contributed by atoms with Gasteiger partial charge in [0.15, 0.2) is 23.1 Å². The fraction of sp³-hybridized carbons (Fsp3) is 0.750. The van der Waals surface area contributed by atoms with Crippen molar-refractivity contribution in [3.05, 3.63) is 0 Å². The molecule has 0 aromatic carbocycles. The lowest BCUT2D eigenvalue weighted by Crippen LogP contribution is -2.38. The van der Waals surface area contributed by atoms with E-state index in [2.05, 4.69) is 31.9 Å². The number of carbonyl (C=O) groups excluding carboxylic acids is 12. The van der Waals surface area contributed by atoms with Gasteiger partial charge < -0.3 is 46.1 Å². The highest BCUT2D eigenvalue weighted by molar-refractivity contribution is 5.94. The lowest BCUT2D eigenvalue weighted by molar-refractivity contribution is -0.154. The predicted octanol–water partition coefficient (Wildman–Crippen LogP) is 0.937. The summed E-state index contributed by atoms with van der Waals surface area (Å²) in [5.74, 6) is -2.11. The highest BCUT2D eigenvalue weighted by Crippen LogP contribution is 2.39. The fourth-order valence-electron chi connectivity index (χ4n) is 9.67. The van der Waals surface area contributed by atoms with Gasteiger partial charge in [0.05, 0.1) is 37.4 Å². The second kappa shape index (κ2) is 25.8. The third-order valence-electron chi connectivity index (χ3n) is 14.6. The minimum Gasteiger partial charge on any atom is -0.461 e. The molecule has 6 amide bonds. The Bertz CT molecular complexity index is 1750. The maximum absolute atomic E-state index is 13.1. The summed E-state index contributed by atoms with van der Waals surface area (Å²) in [6.45, 7) is 4.36. The number of nitrogens with one attached hydrogen (secondary N) is 6. The Kier molecular flexibility index (Phi) is 20.4. The summed E-state index contributed by atoms with van der Waals surface area (Å²) in [5.41, 5.74) is -1.08. The van der Waals surface area contributed by atoms with Crippen LogP contribution in [0.3, 0.4) is 0 Å². The number of amides is 6. The van der Waals surface area contributed by atoms with Crippen molar-refractivity contribution in [1.29, 1.82) is 0 Å². The van der Waals surface area contributed by atoms with Gasteiger partial charge in [-0.1, -0.05) is 13.8 Å². The van der Waals surface area contributed by atoms with Gasteiger partial charge in [0, 0.05) is 64.2 Å². The first kappa shape index (κ1) is 54.3. The molecule has 21 heteroatoms. The molecular formula is C48H70N6O15. The standard InChI is InChI=1S/C36H54N4O9.C12H16N2O6/c1-3-35(17-13-27(41)23-5-9-31(45)37-23,18-14-28(42)24-6-10-32(46)38-24)21-49-22-36(4-2,19-15-29(43)25-7-11-33(47)39-25)20-16-30(44)26-8-12-34(48)40-26;15-9-3-1-7(13-9)11(17)19-5-6-20-12(18)8-2-4-10(16)14-8/h23-26H,3-22H2,1-2H3,(H,37,45)(H,38,46)(H,39,47)(H,40,48);7-8H,1-6H2,(H,13,15)(H,14,16). The molecule has 0 aliphatic carbocycles. The topological polar surface area (TPSA) is 305 Å². The van der Waals surface area contributed by atoms with E-state index in [1.165, 1.54) is 0 Å². The Balaban J connectivity index is 0.000000368. The van der Waals surface area contributed by atoms with Crippen LogP contribution in [0.5, 0.6) is 0 Å². The molecule has 0 aromatic rings. The van der Waals surface area contributed by atoms with Crippen LogP contribution in [-0.2, 0) is 71.7 Å². The monoisotopic (exact) mass is 970 g/mol. The Hall–Kier alpha value is -5.60. The summed E-state index contributed by atoms with van der Waals surface area (Å²) in [6, 6.07) is -3.23. The molecule has 6 atom stereocenters. The summed E-state index contributed by atoms with van der Waals surface area (Å²) < 4.78 is 16.3. The number of hydrogen-bond acceptors (Lipinski definition) is 15. The van der Waals surface area contributed by atoms with Crippen LogP contribution in [0.1, 0.15) is 155 Å². The molecule has 0 radical (unpaired) electrons. The maximum atomic E-state index is 13.1. The average molecular weight is 971 g/mol. The van der Waals surface area contributed by atoms with E-state index in [0.29, 0.717) is 116 Å². The molecular weight excluding hydrogens is 901 g/mol. The lowest BCUT2D eigenvalue weighted by Gasteiger charge is -2.37. The van der Waals surface area contributed by atoms with Crippen molar-refractivity contribution in [2.45, 2.75) is 191 Å². The predicted molar refractivity (Wildman–Crippen MR) is 242 cm³/mol. The van der Waals surface area contributed by atoms with Crippen molar-refractivity contribution < 1.29 is 71.7 Å². The number of ketones is 4. The molecule has 69 heavy (non-hydrogen) atoms. The summed E-state index contributed by atoms with van der Waals surface area (Å²) in [4.78, 5) is 144. The summed E-state index contributed by atoms with van der Waals surface area (Å²) in [7, 11) is 0.